The first-order chi connectivity index (χ1) is 15.8. The van der Waals surface area contributed by atoms with Gasteiger partial charge in [0.25, 0.3) is 0 Å². The van der Waals surface area contributed by atoms with E-state index in [0.717, 1.165) is 0 Å². The fourth-order valence-electron chi connectivity index (χ4n) is 4.91. The number of hydrogen-bond acceptors (Lipinski definition) is 0. The van der Waals surface area contributed by atoms with Crippen LogP contribution in [0.4, 0.5) is 0 Å². The average Bonchev–Trinajstić information content (AvgIpc) is 2.80. The van der Waals surface area contributed by atoms with E-state index in [9.17, 15) is 0 Å². The molecule has 0 radical (unpaired) electrons. The van der Waals surface area contributed by atoms with E-state index in [1.165, 1.54) is 185 Å². The maximum Gasteiger partial charge on any atom is -0.0323 e. The van der Waals surface area contributed by atoms with Gasteiger partial charge in [-0.25, -0.2) is 0 Å². The van der Waals surface area contributed by atoms with Crippen molar-refractivity contribution in [1.82, 2.24) is 0 Å². The van der Waals surface area contributed by atoms with Crippen LogP contribution in [0, 0.1) is 0 Å². The first-order valence-corrected chi connectivity index (χ1v) is 15.5. The minimum Gasteiger partial charge on any atom is -0.0999 e. The molecule has 0 aliphatic heterocycles. The molecule has 0 amide bonds. The molecule has 0 aromatic carbocycles. The molecule has 0 bridgehead atoms. The van der Waals surface area contributed by atoms with Crippen LogP contribution in [0.25, 0.3) is 0 Å². The third-order valence-corrected chi connectivity index (χ3v) is 7.27. The van der Waals surface area contributed by atoms with Crippen LogP contribution >= 0.6 is 0 Å². The number of rotatable bonds is 28. The minimum absolute atomic E-state index is 1.29. The molecule has 0 unspecified atom stereocenters. The molecule has 0 N–H and O–H groups in total. The van der Waals surface area contributed by atoms with E-state index in [2.05, 4.69) is 20.4 Å². The van der Waals surface area contributed by atoms with Gasteiger partial charge in [0.15, 0.2) is 0 Å². The maximum atomic E-state index is 4.34. The summed E-state index contributed by atoms with van der Waals surface area (Å²) in [7, 11) is 0. The van der Waals surface area contributed by atoms with Gasteiger partial charge in [0.1, 0.15) is 0 Å². The van der Waals surface area contributed by atoms with Crippen molar-refractivity contribution in [2.75, 3.05) is 0 Å². The van der Waals surface area contributed by atoms with Gasteiger partial charge in [-0.05, 0) is 25.7 Å². The van der Waals surface area contributed by atoms with Gasteiger partial charge in [0.05, 0.1) is 0 Å². The van der Waals surface area contributed by atoms with E-state index in [1.807, 2.05) is 0 Å². The van der Waals surface area contributed by atoms with Crippen molar-refractivity contribution < 1.29 is 0 Å². The quantitative estimate of drug-likeness (QED) is 0.0824. The van der Waals surface area contributed by atoms with Gasteiger partial charge in [0, 0.05) is 0 Å². The molecule has 0 aromatic rings. The van der Waals surface area contributed by atoms with Gasteiger partial charge in [-0.2, -0.15) is 0 Å². The summed E-state index contributed by atoms with van der Waals surface area (Å²) in [5.74, 6) is 0. The van der Waals surface area contributed by atoms with Crippen LogP contribution in [0.1, 0.15) is 194 Å². The van der Waals surface area contributed by atoms with E-state index in [-0.39, 0.29) is 0 Å². The lowest BCUT2D eigenvalue weighted by Gasteiger charge is -2.07. The third-order valence-electron chi connectivity index (χ3n) is 7.27. The van der Waals surface area contributed by atoms with Crippen molar-refractivity contribution in [3.8, 4) is 0 Å². The number of hydrogen-bond donors (Lipinski definition) is 0. The van der Waals surface area contributed by atoms with Crippen LogP contribution in [0.5, 0.6) is 0 Å². The van der Waals surface area contributed by atoms with Gasteiger partial charge in [-0.1, -0.05) is 180 Å². The maximum absolute atomic E-state index is 4.34. The molecule has 0 aromatic heterocycles. The van der Waals surface area contributed by atoms with E-state index in [0.29, 0.717) is 0 Å². The normalized spacial score (nSPS) is 11.3. The van der Waals surface area contributed by atoms with Crippen LogP contribution in [-0.2, 0) is 0 Å². The largest absolute Gasteiger partial charge is 0.0999 e. The first-order valence-electron chi connectivity index (χ1n) is 15.5. The molecule has 0 spiro atoms. The molecule has 0 rings (SSSR count). The summed E-state index contributed by atoms with van der Waals surface area (Å²) < 4.78 is 0. The molecule has 0 heteroatoms. The van der Waals surface area contributed by atoms with Crippen molar-refractivity contribution in [1.29, 1.82) is 0 Å². The summed E-state index contributed by atoms with van der Waals surface area (Å²) in [6.07, 6.45) is 40.2. The van der Waals surface area contributed by atoms with Crippen molar-refractivity contribution >= 4 is 0 Å². The standard InChI is InChI=1S/C32H64/c1-4-6-8-10-12-14-16-18-19-21-23-25-27-29-31-32(3)30-28-26-24-22-20-17-15-13-11-9-7-5-2/h3-31H2,1-2H3. The van der Waals surface area contributed by atoms with E-state index >= 15 is 0 Å². The fourth-order valence-corrected chi connectivity index (χ4v) is 4.91. The lowest BCUT2D eigenvalue weighted by atomic mass is 10.00. The predicted molar refractivity (Wildman–Crippen MR) is 150 cm³/mol. The Hall–Kier alpha value is -0.260. The zero-order valence-electron chi connectivity index (χ0n) is 23.0. The highest BCUT2D eigenvalue weighted by molar-refractivity contribution is 4.93. The monoisotopic (exact) mass is 449 g/mol. The Morgan fingerprint density at radius 1 is 0.312 bits per heavy atom. The van der Waals surface area contributed by atoms with Crippen molar-refractivity contribution in [3.05, 3.63) is 12.2 Å². The second-order valence-corrected chi connectivity index (χ2v) is 10.7. The Balaban J connectivity index is 3.14. The van der Waals surface area contributed by atoms with Crippen LogP contribution in [-0.4, -0.2) is 0 Å². The Bertz CT molecular complexity index is 342. The summed E-state index contributed by atoms with van der Waals surface area (Å²) in [6, 6.07) is 0. The van der Waals surface area contributed by atoms with Gasteiger partial charge in [-0.3, -0.25) is 0 Å². The Labute approximate surface area is 205 Å². The van der Waals surface area contributed by atoms with Crippen LogP contribution in [0.2, 0.25) is 0 Å². The molecular weight excluding hydrogens is 384 g/mol. The van der Waals surface area contributed by atoms with Gasteiger partial charge < -0.3 is 0 Å². The topological polar surface area (TPSA) is 0 Å². The number of allylic oxidation sites excluding steroid dienone is 1. The molecule has 0 saturated carbocycles. The molecule has 0 aliphatic carbocycles. The summed E-state index contributed by atoms with van der Waals surface area (Å²) in [5.41, 5.74) is 1.52. The highest BCUT2D eigenvalue weighted by Gasteiger charge is 1.98. The van der Waals surface area contributed by atoms with Crippen molar-refractivity contribution in [3.63, 3.8) is 0 Å². The second kappa shape index (κ2) is 28.8. The van der Waals surface area contributed by atoms with E-state index in [1.54, 1.807) is 0 Å². The molecule has 0 aliphatic rings. The van der Waals surface area contributed by atoms with Crippen LogP contribution in [0.15, 0.2) is 12.2 Å². The summed E-state index contributed by atoms with van der Waals surface area (Å²) >= 11 is 0. The highest BCUT2D eigenvalue weighted by atomic mass is 14.0. The summed E-state index contributed by atoms with van der Waals surface area (Å²) in [6.45, 7) is 8.95. The summed E-state index contributed by atoms with van der Waals surface area (Å²) in [4.78, 5) is 0. The lowest BCUT2D eigenvalue weighted by molar-refractivity contribution is 0.532. The number of unbranched alkanes of at least 4 members (excludes halogenated alkanes) is 24. The van der Waals surface area contributed by atoms with Gasteiger partial charge >= 0.3 is 0 Å². The average molecular weight is 449 g/mol. The van der Waals surface area contributed by atoms with Gasteiger partial charge in [0.2, 0.25) is 0 Å². The van der Waals surface area contributed by atoms with Crippen LogP contribution < -0.4 is 0 Å². The van der Waals surface area contributed by atoms with Crippen molar-refractivity contribution in [2.24, 2.45) is 0 Å². The molecule has 0 atom stereocenters. The Morgan fingerprint density at radius 2 is 0.500 bits per heavy atom. The molecule has 0 fully saturated rings. The Kier molecular flexibility index (Phi) is 28.5. The zero-order valence-corrected chi connectivity index (χ0v) is 23.0. The molecular formula is C32H64. The molecule has 0 heterocycles. The minimum atomic E-state index is 1.29. The molecule has 0 saturated heterocycles. The zero-order chi connectivity index (χ0) is 23.4. The molecule has 192 valence electrons. The van der Waals surface area contributed by atoms with E-state index in [4.69, 9.17) is 0 Å². The molecule has 32 heavy (non-hydrogen) atoms. The van der Waals surface area contributed by atoms with Gasteiger partial charge in [-0.15, -0.1) is 0 Å². The second-order valence-electron chi connectivity index (χ2n) is 10.7. The van der Waals surface area contributed by atoms with E-state index < -0.39 is 0 Å². The summed E-state index contributed by atoms with van der Waals surface area (Å²) in [5, 5.41) is 0. The fraction of sp³-hybridized carbons (Fsp3) is 0.938. The SMILES string of the molecule is C=C(CCCCCCCCCCCCCC)CCCCCCCCCCCCCCCC. The third kappa shape index (κ3) is 27.8. The smallest absolute Gasteiger partial charge is 0.0323 e. The van der Waals surface area contributed by atoms with Crippen molar-refractivity contribution in [2.45, 2.75) is 194 Å². The lowest BCUT2D eigenvalue weighted by Crippen LogP contribution is -1.87. The molecule has 0 nitrogen and oxygen atoms in total. The first kappa shape index (κ1) is 31.7. The highest BCUT2D eigenvalue weighted by Crippen LogP contribution is 2.18. The predicted octanol–water partition coefficient (Wildman–Crippen LogP) is 12.5. The Morgan fingerprint density at radius 3 is 0.719 bits per heavy atom. The van der Waals surface area contributed by atoms with Crippen LogP contribution in [0.3, 0.4) is 0 Å².